The lowest BCUT2D eigenvalue weighted by Crippen LogP contribution is -2.25. The summed E-state index contributed by atoms with van der Waals surface area (Å²) in [6.45, 7) is 7.30. The van der Waals surface area contributed by atoms with Crippen LogP contribution in [0.1, 0.15) is 37.6 Å². The van der Waals surface area contributed by atoms with E-state index in [0.717, 1.165) is 22.6 Å². The fourth-order valence-corrected chi connectivity index (χ4v) is 3.86. The molecule has 7 heteroatoms. The van der Waals surface area contributed by atoms with Crippen LogP contribution >= 0.6 is 11.6 Å². The normalized spacial score (nSPS) is 16.5. The third-order valence-electron chi connectivity index (χ3n) is 5.07. The molecule has 6 nitrogen and oxygen atoms in total. The van der Waals surface area contributed by atoms with Gasteiger partial charge in [-0.05, 0) is 48.7 Å². The van der Waals surface area contributed by atoms with E-state index in [0.29, 0.717) is 42.2 Å². The van der Waals surface area contributed by atoms with E-state index in [2.05, 4.69) is 24.0 Å². The number of aryl methyl sites for hydroxylation is 1. The molecule has 30 heavy (non-hydrogen) atoms. The van der Waals surface area contributed by atoms with Gasteiger partial charge in [-0.25, -0.2) is 0 Å². The van der Waals surface area contributed by atoms with Crippen LogP contribution < -0.4 is 9.64 Å². The Labute approximate surface area is 180 Å². The number of nitrogens with zero attached hydrogens (tertiary/aromatic N) is 3. The molecule has 0 saturated carbocycles. The first-order chi connectivity index (χ1) is 14.4. The topological polar surface area (TPSA) is 68.5 Å². The number of amides is 1. The molecule has 156 valence electrons. The van der Waals surface area contributed by atoms with Crippen molar-refractivity contribution in [3.05, 3.63) is 58.9 Å². The molecule has 2 heterocycles. The number of aromatic nitrogens is 2. The van der Waals surface area contributed by atoms with E-state index in [1.165, 1.54) is 0 Å². The molecule has 0 aliphatic carbocycles. The number of anilines is 1. The summed E-state index contributed by atoms with van der Waals surface area (Å²) in [4.78, 5) is 18.9. The van der Waals surface area contributed by atoms with Gasteiger partial charge in [-0.15, -0.1) is 0 Å². The molecular formula is C23H24ClN3O3. The fraction of sp³-hybridized carbons (Fsp3) is 0.348. The first kappa shape index (κ1) is 20.4. The lowest BCUT2D eigenvalue weighted by molar-refractivity contribution is -0.117. The van der Waals surface area contributed by atoms with Crippen molar-refractivity contribution in [2.45, 2.75) is 33.1 Å². The molecule has 1 aliphatic rings. The van der Waals surface area contributed by atoms with Gasteiger partial charge in [0.25, 0.3) is 0 Å². The summed E-state index contributed by atoms with van der Waals surface area (Å²) in [6, 6.07) is 13.2. The van der Waals surface area contributed by atoms with Crippen LogP contribution in [0.5, 0.6) is 5.75 Å². The van der Waals surface area contributed by atoms with Crippen molar-refractivity contribution in [1.82, 2.24) is 10.1 Å². The van der Waals surface area contributed by atoms with Crippen LogP contribution in [-0.2, 0) is 4.79 Å². The predicted octanol–water partition coefficient (Wildman–Crippen LogP) is 5.25. The Morgan fingerprint density at radius 1 is 1.23 bits per heavy atom. The number of hydrogen-bond acceptors (Lipinski definition) is 5. The lowest BCUT2D eigenvalue weighted by Gasteiger charge is -2.20. The van der Waals surface area contributed by atoms with Crippen LogP contribution in [0.2, 0.25) is 5.02 Å². The van der Waals surface area contributed by atoms with Crippen LogP contribution in [0.15, 0.2) is 47.0 Å². The number of carbonyl (C=O) groups is 1. The van der Waals surface area contributed by atoms with Gasteiger partial charge in [0.1, 0.15) is 5.75 Å². The van der Waals surface area contributed by atoms with Gasteiger partial charge in [0.2, 0.25) is 17.6 Å². The summed E-state index contributed by atoms with van der Waals surface area (Å²) < 4.78 is 11.2. The zero-order valence-corrected chi connectivity index (χ0v) is 18.0. The number of carbonyl (C=O) groups excluding carboxylic acids is 1. The van der Waals surface area contributed by atoms with Crippen molar-refractivity contribution in [2.24, 2.45) is 5.92 Å². The largest absolute Gasteiger partial charge is 0.493 e. The number of halogens is 1. The van der Waals surface area contributed by atoms with Crippen LogP contribution in [-0.4, -0.2) is 29.2 Å². The second kappa shape index (κ2) is 8.48. The molecule has 1 fully saturated rings. The molecule has 1 amide bonds. The molecule has 0 spiro atoms. The first-order valence-electron chi connectivity index (χ1n) is 10.0. The minimum Gasteiger partial charge on any atom is -0.493 e. The minimum atomic E-state index is -0.164. The van der Waals surface area contributed by atoms with E-state index in [4.69, 9.17) is 20.9 Å². The van der Waals surface area contributed by atoms with Gasteiger partial charge >= 0.3 is 0 Å². The standard InChI is InChI=1S/C23H24ClN3O3/c1-14(2)13-29-18-9-7-16(8-10-18)22-25-23(30-26-22)17-11-20(28)27(12-17)21-15(3)5-4-6-19(21)24/h4-10,14,17H,11-13H2,1-3H3. The van der Waals surface area contributed by atoms with Crippen LogP contribution in [0.25, 0.3) is 11.4 Å². The molecule has 0 radical (unpaired) electrons. The summed E-state index contributed by atoms with van der Waals surface area (Å²) >= 11 is 6.35. The molecule has 1 aliphatic heterocycles. The van der Waals surface area contributed by atoms with Gasteiger partial charge < -0.3 is 14.2 Å². The summed E-state index contributed by atoms with van der Waals surface area (Å²) in [6.07, 6.45) is 0.314. The van der Waals surface area contributed by atoms with Gasteiger partial charge in [0.05, 0.1) is 23.2 Å². The molecular weight excluding hydrogens is 402 g/mol. The van der Waals surface area contributed by atoms with Crippen LogP contribution in [0.4, 0.5) is 5.69 Å². The number of hydrogen-bond donors (Lipinski definition) is 0. The Morgan fingerprint density at radius 2 is 2.00 bits per heavy atom. The van der Waals surface area contributed by atoms with Crippen molar-refractivity contribution in [3.63, 3.8) is 0 Å². The molecule has 3 aromatic rings. The van der Waals surface area contributed by atoms with E-state index in [-0.39, 0.29) is 11.8 Å². The second-order valence-corrected chi connectivity index (χ2v) is 8.40. The van der Waals surface area contributed by atoms with Crippen molar-refractivity contribution < 1.29 is 14.1 Å². The highest BCUT2D eigenvalue weighted by molar-refractivity contribution is 6.34. The average Bonchev–Trinajstić information content (AvgIpc) is 3.34. The van der Waals surface area contributed by atoms with E-state index >= 15 is 0 Å². The third-order valence-corrected chi connectivity index (χ3v) is 5.38. The molecule has 0 N–H and O–H groups in total. The van der Waals surface area contributed by atoms with Gasteiger partial charge in [-0.3, -0.25) is 4.79 Å². The minimum absolute atomic E-state index is 0.00241. The second-order valence-electron chi connectivity index (χ2n) is 8.00. The van der Waals surface area contributed by atoms with E-state index in [9.17, 15) is 4.79 Å². The molecule has 4 rings (SSSR count). The summed E-state index contributed by atoms with van der Waals surface area (Å²) in [5.41, 5.74) is 2.55. The monoisotopic (exact) mass is 425 g/mol. The van der Waals surface area contributed by atoms with Crippen molar-refractivity contribution in [3.8, 4) is 17.1 Å². The molecule has 2 aromatic carbocycles. The molecule has 1 saturated heterocycles. The Balaban J connectivity index is 1.49. The predicted molar refractivity (Wildman–Crippen MR) is 116 cm³/mol. The lowest BCUT2D eigenvalue weighted by atomic mass is 10.1. The highest BCUT2D eigenvalue weighted by atomic mass is 35.5. The zero-order valence-electron chi connectivity index (χ0n) is 17.3. The van der Waals surface area contributed by atoms with E-state index < -0.39 is 0 Å². The number of para-hydroxylation sites is 1. The maximum absolute atomic E-state index is 12.7. The maximum atomic E-state index is 12.7. The molecule has 0 bridgehead atoms. The Bertz CT molecular complexity index is 1030. The van der Waals surface area contributed by atoms with E-state index in [1.807, 2.05) is 43.3 Å². The first-order valence-corrected chi connectivity index (χ1v) is 10.4. The molecule has 1 atom stereocenters. The van der Waals surface area contributed by atoms with Crippen LogP contribution in [0, 0.1) is 12.8 Å². The van der Waals surface area contributed by atoms with Crippen molar-refractivity contribution >= 4 is 23.2 Å². The van der Waals surface area contributed by atoms with Crippen molar-refractivity contribution in [2.75, 3.05) is 18.1 Å². The zero-order chi connectivity index (χ0) is 21.3. The number of ether oxygens (including phenoxy) is 1. The number of benzene rings is 2. The maximum Gasteiger partial charge on any atom is 0.232 e. The fourth-order valence-electron chi connectivity index (χ4n) is 3.54. The average molecular weight is 426 g/mol. The van der Waals surface area contributed by atoms with Gasteiger partial charge in [0.15, 0.2) is 0 Å². The smallest absolute Gasteiger partial charge is 0.232 e. The Morgan fingerprint density at radius 3 is 2.70 bits per heavy atom. The summed E-state index contributed by atoms with van der Waals surface area (Å²) in [5.74, 6) is 2.08. The van der Waals surface area contributed by atoms with Gasteiger partial charge in [-0.2, -0.15) is 4.98 Å². The third kappa shape index (κ3) is 4.19. The van der Waals surface area contributed by atoms with Gasteiger partial charge in [-0.1, -0.05) is 42.7 Å². The SMILES string of the molecule is Cc1cccc(Cl)c1N1CC(c2nc(-c3ccc(OCC(C)C)cc3)no2)CC1=O. The van der Waals surface area contributed by atoms with Crippen LogP contribution in [0.3, 0.4) is 0 Å². The summed E-state index contributed by atoms with van der Waals surface area (Å²) in [5, 5.41) is 4.67. The highest BCUT2D eigenvalue weighted by Crippen LogP contribution is 2.37. The highest BCUT2D eigenvalue weighted by Gasteiger charge is 2.36. The molecule has 1 unspecified atom stereocenters. The van der Waals surface area contributed by atoms with E-state index in [1.54, 1.807) is 11.0 Å². The van der Waals surface area contributed by atoms with Crippen molar-refractivity contribution in [1.29, 1.82) is 0 Å². The quantitative estimate of drug-likeness (QED) is 0.539. The summed E-state index contributed by atoms with van der Waals surface area (Å²) in [7, 11) is 0. The molecule has 1 aromatic heterocycles. The Kier molecular flexibility index (Phi) is 5.77. The van der Waals surface area contributed by atoms with Gasteiger partial charge in [0, 0.05) is 18.5 Å². The Hall–Kier alpha value is -2.86. The number of rotatable bonds is 6.